The summed E-state index contributed by atoms with van der Waals surface area (Å²) in [6.45, 7) is 12.4. The number of rotatable bonds is 20. The monoisotopic (exact) mass is 777 g/mol. The molecule has 1 aromatic carbocycles. The summed E-state index contributed by atoms with van der Waals surface area (Å²) in [6.07, 6.45) is 27.4. The number of aliphatic hydroxyl groups excluding tert-OH is 2. The molecular weight excluding hydrogens is 701 g/mol. The van der Waals surface area contributed by atoms with Crippen LogP contribution in [0.1, 0.15) is 165 Å². The molecule has 56 heavy (non-hydrogen) atoms. The number of esters is 2. The van der Waals surface area contributed by atoms with E-state index in [0.717, 1.165) is 87.7 Å². The SMILES string of the molecule is C=C(CO)C(=O)OCC1CCC(Cc2cc(C3CCC(C4CCC(CCCCC)CC4)CC3)cc(CC3CCC(COC(=O)C(=C)CO)CC3)c2OCC)CC1. The van der Waals surface area contributed by atoms with Crippen molar-refractivity contribution in [2.24, 2.45) is 41.4 Å². The third-order valence-electron chi connectivity index (χ3n) is 14.4. The molecule has 4 aliphatic carbocycles. The first-order valence-corrected chi connectivity index (χ1v) is 22.9. The maximum Gasteiger partial charge on any atom is 0.335 e. The highest BCUT2D eigenvalue weighted by molar-refractivity contribution is 5.88. The minimum absolute atomic E-state index is 0.117. The largest absolute Gasteiger partial charge is 0.493 e. The lowest BCUT2D eigenvalue weighted by molar-refractivity contribution is -0.142. The van der Waals surface area contributed by atoms with Gasteiger partial charge in [-0.15, -0.1) is 0 Å². The molecule has 0 aromatic heterocycles. The van der Waals surface area contributed by atoms with Gasteiger partial charge >= 0.3 is 11.9 Å². The molecule has 314 valence electrons. The van der Waals surface area contributed by atoms with E-state index in [9.17, 15) is 19.8 Å². The Morgan fingerprint density at radius 2 is 1.04 bits per heavy atom. The van der Waals surface area contributed by atoms with Gasteiger partial charge in [-0.25, -0.2) is 9.59 Å². The molecule has 4 fully saturated rings. The van der Waals surface area contributed by atoms with Crippen LogP contribution in [0.4, 0.5) is 0 Å². The molecule has 0 unspecified atom stereocenters. The highest BCUT2D eigenvalue weighted by Crippen LogP contribution is 2.46. The van der Waals surface area contributed by atoms with Gasteiger partial charge in [0.15, 0.2) is 0 Å². The topological polar surface area (TPSA) is 102 Å². The number of carbonyl (C=O) groups excluding carboxylic acids is 2. The molecule has 4 saturated carbocycles. The van der Waals surface area contributed by atoms with E-state index in [1.165, 1.54) is 93.7 Å². The van der Waals surface area contributed by atoms with Gasteiger partial charge < -0.3 is 24.4 Å². The zero-order valence-electron chi connectivity index (χ0n) is 35.2. The summed E-state index contributed by atoms with van der Waals surface area (Å²) in [6, 6.07) is 5.09. The second kappa shape index (κ2) is 23.1. The Morgan fingerprint density at radius 3 is 1.46 bits per heavy atom. The molecule has 0 amide bonds. The van der Waals surface area contributed by atoms with Crippen LogP contribution in [0.5, 0.6) is 5.75 Å². The second-order valence-electron chi connectivity index (χ2n) is 18.4. The van der Waals surface area contributed by atoms with Crippen LogP contribution in [0, 0.1) is 41.4 Å². The van der Waals surface area contributed by atoms with Crippen LogP contribution in [0.15, 0.2) is 36.4 Å². The maximum atomic E-state index is 12.1. The highest BCUT2D eigenvalue weighted by atomic mass is 16.5. The first-order chi connectivity index (χ1) is 27.2. The van der Waals surface area contributed by atoms with Crippen molar-refractivity contribution in [3.63, 3.8) is 0 Å². The van der Waals surface area contributed by atoms with Crippen LogP contribution in [-0.4, -0.2) is 55.2 Å². The molecule has 0 aliphatic heterocycles. The molecule has 0 radical (unpaired) electrons. The van der Waals surface area contributed by atoms with E-state index in [2.05, 4.69) is 39.1 Å². The number of hydrogen-bond acceptors (Lipinski definition) is 7. The van der Waals surface area contributed by atoms with Gasteiger partial charge in [-0.2, -0.15) is 0 Å². The first kappa shape index (κ1) is 44.5. The quantitative estimate of drug-likeness (QED) is 0.0772. The summed E-state index contributed by atoms with van der Waals surface area (Å²) in [4.78, 5) is 24.2. The minimum atomic E-state index is -0.485. The summed E-state index contributed by atoms with van der Waals surface area (Å²) >= 11 is 0. The van der Waals surface area contributed by atoms with Crippen molar-refractivity contribution in [3.05, 3.63) is 53.1 Å². The molecule has 4 aliphatic rings. The Labute approximate surface area is 339 Å². The predicted octanol–water partition coefficient (Wildman–Crippen LogP) is 10.6. The van der Waals surface area contributed by atoms with Crippen LogP contribution in [0.25, 0.3) is 0 Å². The molecule has 0 heterocycles. The summed E-state index contributed by atoms with van der Waals surface area (Å²) < 4.78 is 17.5. The van der Waals surface area contributed by atoms with Gasteiger partial charge in [0.25, 0.3) is 0 Å². The van der Waals surface area contributed by atoms with Crippen molar-refractivity contribution >= 4 is 11.9 Å². The molecule has 7 nitrogen and oxygen atoms in total. The van der Waals surface area contributed by atoms with E-state index in [-0.39, 0.29) is 24.4 Å². The van der Waals surface area contributed by atoms with E-state index in [1.807, 2.05) is 0 Å². The van der Waals surface area contributed by atoms with E-state index >= 15 is 0 Å². The average Bonchev–Trinajstić information content (AvgIpc) is 3.23. The molecule has 5 rings (SSSR count). The fourth-order valence-electron chi connectivity index (χ4n) is 10.8. The summed E-state index contributed by atoms with van der Waals surface area (Å²) in [5, 5.41) is 18.5. The number of carbonyl (C=O) groups is 2. The van der Waals surface area contributed by atoms with Crippen molar-refractivity contribution in [3.8, 4) is 5.75 Å². The predicted molar refractivity (Wildman–Crippen MR) is 225 cm³/mol. The van der Waals surface area contributed by atoms with Crippen molar-refractivity contribution in [2.45, 2.75) is 161 Å². The summed E-state index contributed by atoms with van der Waals surface area (Å²) in [7, 11) is 0. The number of ether oxygens (including phenoxy) is 3. The van der Waals surface area contributed by atoms with E-state index in [1.54, 1.807) is 0 Å². The molecule has 7 heteroatoms. The zero-order valence-corrected chi connectivity index (χ0v) is 35.2. The standard InChI is InChI=1S/C49H76O7/c1-5-7-8-9-36-18-20-41(21-19-36)42-22-24-43(25-23-42)44-28-45(26-37-10-14-39(15-11-37)32-55-48(52)34(3)30-50)47(54-6-2)46(29-44)27-38-12-16-40(17-13-38)33-56-49(53)35(4)31-51/h28-29,36-43,50-51H,3-27,30-33H2,1-2H3. The molecule has 0 saturated heterocycles. The van der Waals surface area contributed by atoms with Crippen LogP contribution in [0.2, 0.25) is 0 Å². The van der Waals surface area contributed by atoms with Gasteiger partial charge in [-0.1, -0.05) is 70.7 Å². The van der Waals surface area contributed by atoms with Gasteiger partial charge in [0.05, 0.1) is 44.2 Å². The minimum Gasteiger partial charge on any atom is -0.493 e. The lowest BCUT2D eigenvalue weighted by atomic mass is 9.67. The number of aliphatic hydroxyl groups is 2. The highest BCUT2D eigenvalue weighted by Gasteiger charge is 2.33. The molecule has 0 atom stereocenters. The maximum absolute atomic E-state index is 12.1. The Kier molecular flexibility index (Phi) is 18.3. The van der Waals surface area contributed by atoms with Crippen molar-refractivity contribution in [1.29, 1.82) is 0 Å². The normalized spacial score (nSPS) is 28.3. The van der Waals surface area contributed by atoms with Crippen molar-refractivity contribution in [1.82, 2.24) is 0 Å². The van der Waals surface area contributed by atoms with Crippen molar-refractivity contribution < 1.29 is 34.0 Å². The number of hydrogen-bond donors (Lipinski definition) is 2. The second-order valence-corrected chi connectivity index (χ2v) is 18.4. The van der Waals surface area contributed by atoms with E-state index in [0.29, 0.717) is 49.4 Å². The third-order valence-corrected chi connectivity index (χ3v) is 14.4. The Balaban J connectivity index is 1.24. The number of benzene rings is 1. The van der Waals surface area contributed by atoms with E-state index < -0.39 is 11.9 Å². The van der Waals surface area contributed by atoms with Gasteiger partial charge in [-0.3, -0.25) is 0 Å². The fraction of sp³-hybridized carbons (Fsp3) is 0.755. The fourth-order valence-corrected chi connectivity index (χ4v) is 10.8. The molecule has 2 N–H and O–H groups in total. The van der Waals surface area contributed by atoms with Crippen LogP contribution in [-0.2, 0) is 31.9 Å². The smallest absolute Gasteiger partial charge is 0.335 e. The average molecular weight is 777 g/mol. The Bertz CT molecular complexity index is 1310. The van der Waals surface area contributed by atoms with Gasteiger partial charge in [0.1, 0.15) is 5.75 Å². The van der Waals surface area contributed by atoms with Crippen molar-refractivity contribution in [2.75, 3.05) is 33.0 Å². The zero-order chi connectivity index (χ0) is 39.9. The van der Waals surface area contributed by atoms with Gasteiger partial charge in [0, 0.05) is 0 Å². The first-order valence-electron chi connectivity index (χ1n) is 22.9. The summed E-state index contributed by atoms with van der Waals surface area (Å²) in [5.74, 6) is 5.43. The lowest BCUT2D eigenvalue weighted by Gasteiger charge is -2.38. The molecule has 1 aromatic rings. The van der Waals surface area contributed by atoms with Gasteiger partial charge in [0.2, 0.25) is 0 Å². The number of unbranched alkanes of at least 4 members (excludes halogenated alkanes) is 2. The van der Waals surface area contributed by atoms with Crippen LogP contribution < -0.4 is 4.74 Å². The Hall–Kier alpha value is -2.64. The van der Waals surface area contributed by atoms with Crippen LogP contribution >= 0.6 is 0 Å². The van der Waals surface area contributed by atoms with Crippen LogP contribution in [0.3, 0.4) is 0 Å². The van der Waals surface area contributed by atoms with E-state index in [4.69, 9.17) is 14.2 Å². The summed E-state index contributed by atoms with van der Waals surface area (Å²) in [5.41, 5.74) is 4.55. The lowest BCUT2D eigenvalue weighted by Crippen LogP contribution is -2.25. The van der Waals surface area contributed by atoms with Gasteiger partial charge in [-0.05, 0) is 174 Å². The third kappa shape index (κ3) is 13.2. The molecule has 0 spiro atoms. The molecular formula is C49H76O7. The molecule has 0 bridgehead atoms. The Morgan fingerprint density at radius 1 is 0.607 bits per heavy atom.